The minimum atomic E-state index is -1.12. The van der Waals surface area contributed by atoms with Gasteiger partial charge < -0.3 is 10.4 Å². The van der Waals surface area contributed by atoms with Crippen LogP contribution in [0.25, 0.3) is 0 Å². The second-order valence-electron chi connectivity index (χ2n) is 8.25. The first-order chi connectivity index (χ1) is 17.0. The first-order valence-corrected chi connectivity index (χ1v) is 11.3. The summed E-state index contributed by atoms with van der Waals surface area (Å²) in [4.78, 5) is 38.0. The molecule has 0 fully saturated rings. The molecule has 4 rings (SSSR count). The van der Waals surface area contributed by atoms with Gasteiger partial charge in [-0.3, -0.25) is 9.59 Å². The van der Waals surface area contributed by atoms with Crippen molar-refractivity contribution in [3.8, 4) is 0 Å². The maximum atomic E-state index is 13.3. The van der Waals surface area contributed by atoms with Gasteiger partial charge in [0.15, 0.2) is 5.78 Å². The van der Waals surface area contributed by atoms with E-state index in [1.165, 1.54) is 0 Å². The molecule has 0 aliphatic rings. The number of benzene rings is 4. The first kappa shape index (κ1) is 23.6. The van der Waals surface area contributed by atoms with E-state index >= 15 is 0 Å². The molecule has 0 saturated heterocycles. The summed E-state index contributed by atoms with van der Waals surface area (Å²) in [6.07, 6.45) is 0.0944. The van der Waals surface area contributed by atoms with Crippen molar-refractivity contribution in [2.24, 2.45) is 0 Å². The van der Waals surface area contributed by atoms with E-state index in [9.17, 15) is 19.5 Å². The average Bonchev–Trinajstić information content (AvgIpc) is 2.90. The van der Waals surface area contributed by atoms with Crippen molar-refractivity contribution < 1.29 is 19.5 Å². The van der Waals surface area contributed by atoms with E-state index in [4.69, 9.17) is 0 Å². The summed E-state index contributed by atoms with van der Waals surface area (Å²) in [6.45, 7) is 0. The molecule has 2 N–H and O–H groups in total. The summed E-state index contributed by atoms with van der Waals surface area (Å²) in [5, 5.41) is 12.5. The monoisotopic (exact) mass is 463 g/mol. The van der Waals surface area contributed by atoms with Crippen LogP contribution in [0.1, 0.15) is 38.5 Å². The van der Waals surface area contributed by atoms with Crippen LogP contribution < -0.4 is 5.32 Å². The topological polar surface area (TPSA) is 83.5 Å². The van der Waals surface area contributed by atoms with Crippen LogP contribution in [0.2, 0.25) is 0 Å². The van der Waals surface area contributed by atoms with Crippen LogP contribution in [-0.2, 0) is 16.0 Å². The summed E-state index contributed by atoms with van der Waals surface area (Å²) in [7, 11) is 0. The minimum Gasteiger partial charge on any atom is -0.480 e. The smallest absolute Gasteiger partial charge is 0.326 e. The molecule has 35 heavy (non-hydrogen) atoms. The van der Waals surface area contributed by atoms with Crippen LogP contribution in [-0.4, -0.2) is 28.8 Å². The lowest BCUT2D eigenvalue weighted by atomic mass is 9.90. The predicted octanol–water partition coefficient (Wildman–Crippen LogP) is 4.86. The zero-order valence-corrected chi connectivity index (χ0v) is 19.0. The third-order valence-electron chi connectivity index (χ3n) is 5.83. The quantitative estimate of drug-likeness (QED) is 0.347. The third kappa shape index (κ3) is 5.89. The highest BCUT2D eigenvalue weighted by molar-refractivity contribution is 6.08. The van der Waals surface area contributed by atoms with Crippen molar-refractivity contribution >= 4 is 17.7 Å². The number of carbonyl (C=O) groups is 3. The van der Waals surface area contributed by atoms with Crippen molar-refractivity contribution in [3.63, 3.8) is 0 Å². The normalized spacial score (nSPS) is 11.6. The minimum absolute atomic E-state index is 0.0944. The Morgan fingerprint density at radius 2 is 1.09 bits per heavy atom. The first-order valence-electron chi connectivity index (χ1n) is 11.3. The number of carbonyl (C=O) groups excluding carboxylic acids is 2. The molecule has 0 bridgehead atoms. The molecule has 0 aliphatic carbocycles. The Hall–Kier alpha value is -4.51. The lowest BCUT2D eigenvalue weighted by Crippen LogP contribution is -2.44. The van der Waals surface area contributed by atoms with Gasteiger partial charge in [0.25, 0.3) is 0 Å². The SMILES string of the molecule is O=C(c1ccccc1)c1ccc(C[C@H](NC(=O)C(c2ccccc2)c2ccccc2)C(=O)O)cc1. The van der Waals surface area contributed by atoms with Crippen molar-refractivity contribution in [2.75, 3.05) is 0 Å². The highest BCUT2D eigenvalue weighted by Crippen LogP contribution is 2.25. The van der Waals surface area contributed by atoms with Gasteiger partial charge in [-0.1, -0.05) is 115 Å². The van der Waals surface area contributed by atoms with Gasteiger partial charge in [0, 0.05) is 17.5 Å². The fourth-order valence-corrected chi connectivity index (χ4v) is 4.03. The molecule has 0 aliphatic heterocycles. The van der Waals surface area contributed by atoms with E-state index in [0.717, 1.165) is 11.1 Å². The van der Waals surface area contributed by atoms with Gasteiger partial charge in [-0.05, 0) is 16.7 Å². The Balaban J connectivity index is 1.51. The molecule has 174 valence electrons. The van der Waals surface area contributed by atoms with Crippen LogP contribution in [0.5, 0.6) is 0 Å². The molecule has 0 radical (unpaired) electrons. The second-order valence-corrected chi connectivity index (χ2v) is 8.25. The molecule has 0 spiro atoms. The molecule has 5 heteroatoms. The summed E-state index contributed by atoms with van der Waals surface area (Å²) < 4.78 is 0. The van der Waals surface area contributed by atoms with Gasteiger partial charge in [0.2, 0.25) is 5.91 Å². The molecule has 1 amide bonds. The van der Waals surface area contributed by atoms with Crippen molar-refractivity contribution in [1.82, 2.24) is 5.32 Å². The van der Waals surface area contributed by atoms with Gasteiger partial charge in [-0.25, -0.2) is 4.79 Å². The molecular formula is C30H25NO4. The van der Waals surface area contributed by atoms with Crippen LogP contribution in [0.4, 0.5) is 0 Å². The van der Waals surface area contributed by atoms with Crippen molar-refractivity contribution in [2.45, 2.75) is 18.4 Å². The largest absolute Gasteiger partial charge is 0.480 e. The predicted molar refractivity (Wildman–Crippen MR) is 134 cm³/mol. The number of carboxylic acid groups (broad SMARTS) is 1. The van der Waals surface area contributed by atoms with E-state index in [2.05, 4.69) is 5.32 Å². The average molecular weight is 464 g/mol. The highest BCUT2D eigenvalue weighted by Gasteiger charge is 2.28. The number of ketones is 1. The number of amides is 1. The zero-order chi connectivity index (χ0) is 24.6. The maximum absolute atomic E-state index is 13.3. The van der Waals surface area contributed by atoms with Gasteiger partial charge in [0.1, 0.15) is 6.04 Å². The Morgan fingerprint density at radius 1 is 0.629 bits per heavy atom. The van der Waals surface area contributed by atoms with Gasteiger partial charge in [-0.2, -0.15) is 0 Å². The molecule has 0 heterocycles. The lowest BCUT2D eigenvalue weighted by Gasteiger charge is -2.21. The number of nitrogens with one attached hydrogen (secondary N) is 1. The van der Waals surface area contributed by atoms with E-state index in [0.29, 0.717) is 16.7 Å². The maximum Gasteiger partial charge on any atom is 0.326 e. The summed E-state index contributed by atoms with van der Waals surface area (Å²) in [6, 6.07) is 33.2. The van der Waals surface area contributed by atoms with Crippen LogP contribution >= 0.6 is 0 Å². The molecule has 5 nitrogen and oxygen atoms in total. The van der Waals surface area contributed by atoms with E-state index < -0.39 is 17.9 Å². The number of aliphatic carboxylic acids is 1. The van der Waals surface area contributed by atoms with Gasteiger partial charge in [-0.15, -0.1) is 0 Å². The number of carboxylic acids is 1. The molecule has 0 unspecified atom stereocenters. The van der Waals surface area contributed by atoms with Crippen molar-refractivity contribution in [3.05, 3.63) is 143 Å². The Kier molecular flexibility index (Phi) is 7.48. The summed E-state index contributed by atoms with van der Waals surface area (Å²) >= 11 is 0. The Bertz CT molecular complexity index is 1250. The van der Waals surface area contributed by atoms with E-state index in [1.54, 1.807) is 48.5 Å². The third-order valence-corrected chi connectivity index (χ3v) is 5.83. The van der Waals surface area contributed by atoms with Crippen molar-refractivity contribution in [1.29, 1.82) is 0 Å². The fraction of sp³-hybridized carbons (Fsp3) is 0.100. The molecule has 0 aromatic heterocycles. The molecule has 4 aromatic rings. The standard InChI is InChI=1S/C30H25NO4/c32-28(24-14-8-3-9-15-24)25-18-16-21(17-19-25)20-26(30(34)35)31-29(33)27(22-10-4-1-5-11-22)23-12-6-2-7-13-23/h1-19,26-27H,20H2,(H,31,33)(H,34,35)/t26-/m0/s1. The number of hydrogen-bond donors (Lipinski definition) is 2. The molecular weight excluding hydrogens is 438 g/mol. The summed E-state index contributed by atoms with van der Waals surface area (Å²) in [5.41, 5.74) is 3.37. The van der Waals surface area contributed by atoms with Crippen LogP contribution in [0.3, 0.4) is 0 Å². The zero-order valence-electron chi connectivity index (χ0n) is 19.0. The highest BCUT2D eigenvalue weighted by atomic mass is 16.4. The van der Waals surface area contributed by atoms with E-state index in [1.807, 2.05) is 66.7 Å². The number of rotatable bonds is 9. The van der Waals surface area contributed by atoms with Crippen LogP contribution in [0, 0.1) is 0 Å². The number of hydrogen-bond acceptors (Lipinski definition) is 3. The van der Waals surface area contributed by atoms with Crippen LogP contribution in [0.15, 0.2) is 115 Å². The molecule has 4 aromatic carbocycles. The Morgan fingerprint density at radius 3 is 1.57 bits per heavy atom. The summed E-state index contributed by atoms with van der Waals surface area (Å²) in [5.74, 6) is -2.24. The Labute approximate surface area is 204 Å². The fourth-order valence-electron chi connectivity index (χ4n) is 4.03. The van der Waals surface area contributed by atoms with E-state index in [-0.39, 0.29) is 18.1 Å². The lowest BCUT2D eigenvalue weighted by molar-refractivity contribution is -0.141. The van der Waals surface area contributed by atoms with Gasteiger partial charge >= 0.3 is 5.97 Å². The van der Waals surface area contributed by atoms with Gasteiger partial charge in [0.05, 0.1) is 5.92 Å². The molecule has 0 saturated carbocycles. The second kappa shape index (κ2) is 11.1. The molecule has 1 atom stereocenters.